The molecule has 1 fully saturated rings. The van der Waals surface area contributed by atoms with E-state index in [4.69, 9.17) is 6.42 Å². The fourth-order valence-corrected chi connectivity index (χ4v) is 5.29. The second kappa shape index (κ2) is 10.4. The highest BCUT2D eigenvalue weighted by Gasteiger charge is 2.37. The van der Waals surface area contributed by atoms with Gasteiger partial charge in [-0.3, -0.25) is 14.4 Å². The van der Waals surface area contributed by atoms with Gasteiger partial charge in [0.05, 0.1) is 11.4 Å². The van der Waals surface area contributed by atoms with Crippen molar-refractivity contribution in [3.63, 3.8) is 0 Å². The summed E-state index contributed by atoms with van der Waals surface area (Å²) in [5.74, 6) is 1.31. The first kappa shape index (κ1) is 24.2. The number of nitrogens with zero attached hydrogens (tertiary/aromatic N) is 1. The Morgan fingerprint density at radius 3 is 2.52 bits per heavy atom. The van der Waals surface area contributed by atoms with Gasteiger partial charge in [-0.05, 0) is 50.1 Å². The molecule has 1 aliphatic heterocycles. The maximum atomic E-state index is 13.2. The van der Waals surface area contributed by atoms with Crippen LogP contribution < -0.4 is 10.6 Å². The van der Waals surface area contributed by atoms with Crippen LogP contribution in [-0.4, -0.2) is 49.5 Å². The molecule has 0 spiro atoms. The van der Waals surface area contributed by atoms with Crippen molar-refractivity contribution in [3.8, 4) is 12.3 Å². The van der Waals surface area contributed by atoms with Crippen LogP contribution in [0.1, 0.15) is 42.1 Å². The molecule has 1 heterocycles. The highest BCUT2D eigenvalue weighted by atomic mass is 32.2. The van der Waals surface area contributed by atoms with Gasteiger partial charge in [0, 0.05) is 23.4 Å². The summed E-state index contributed by atoms with van der Waals surface area (Å²) in [7, 11) is -3.95. The smallest absolute Gasteiger partial charge is 0.243 e. The van der Waals surface area contributed by atoms with Crippen LogP contribution >= 0.6 is 0 Å². The minimum absolute atomic E-state index is 0.0124. The molecule has 2 aromatic carbocycles. The molecule has 1 saturated heterocycles. The van der Waals surface area contributed by atoms with Crippen LogP contribution in [0, 0.1) is 12.3 Å². The van der Waals surface area contributed by atoms with Crippen molar-refractivity contribution >= 4 is 33.3 Å². The van der Waals surface area contributed by atoms with E-state index in [1.165, 1.54) is 35.5 Å². The Morgan fingerprint density at radius 1 is 1.12 bits per heavy atom. The molecule has 1 unspecified atom stereocenters. The maximum Gasteiger partial charge on any atom is 0.243 e. The largest absolute Gasteiger partial charge is 0.346 e. The van der Waals surface area contributed by atoms with Crippen LogP contribution in [-0.2, 0) is 19.6 Å². The van der Waals surface area contributed by atoms with E-state index in [1.54, 1.807) is 24.3 Å². The van der Waals surface area contributed by atoms with Crippen molar-refractivity contribution in [1.29, 1.82) is 0 Å². The molecule has 172 valence electrons. The average molecular weight is 468 g/mol. The van der Waals surface area contributed by atoms with E-state index >= 15 is 0 Å². The van der Waals surface area contributed by atoms with Gasteiger partial charge in [-0.1, -0.05) is 30.5 Å². The Hall–Kier alpha value is -3.48. The lowest BCUT2D eigenvalue weighted by Crippen LogP contribution is -2.52. The lowest BCUT2D eigenvalue weighted by Gasteiger charge is -2.33. The molecule has 0 aliphatic carbocycles. The van der Waals surface area contributed by atoms with Crippen LogP contribution in [0.2, 0.25) is 0 Å². The van der Waals surface area contributed by atoms with Gasteiger partial charge in [0.2, 0.25) is 21.8 Å². The van der Waals surface area contributed by atoms with Crippen molar-refractivity contribution in [2.75, 3.05) is 18.4 Å². The highest BCUT2D eigenvalue weighted by molar-refractivity contribution is 7.89. The summed E-state index contributed by atoms with van der Waals surface area (Å²) in [6, 6.07) is 11.5. The van der Waals surface area contributed by atoms with Gasteiger partial charge in [0.1, 0.15) is 6.04 Å². The number of terminal acetylenes is 1. The van der Waals surface area contributed by atoms with Gasteiger partial charge in [-0.2, -0.15) is 4.31 Å². The van der Waals surface area contributed by atoms with Crippen molar-refractivity contribution in [2.45, 2.75) is 37.1 Å². The Bertz CT molecular complexity index is 1200. The number of Topliss-reactive ketones (excluding diaryl/α,β-unsaturated/α-hetero) is 1. The van der Waals surface area contributed by atoms with Crippen molar-refractivity contribution in [2.24, 2.45) is 0 Å². The summed E-state index contributed by atoms with van der Waals surface area (Å²) >= 11 is 0. The number of benzene rings is 2. The molecule has 9 heteroatoms. The number of hydrogen-bond donors (Lipinski definition) is 2. The molecule has 0 radical (unpaired) electrons. The number of piperidine rings is 1. The van der Waals surface area contributed by atoms with Gasteiger partial charge < -0.3 is 10.6 Å². The predicted molar refractivity (Wildman–Crippen MR) is 124 cm³/mol. The number of hydrogen-bond acceptors (Lipinski definition) is 5. The molecule has 2 N–H and O–H groups in total. The lowest BCUT2D eigenvalue weighted by atomic mass is 10.0. The predicted octanol–water partition coefficient (Wildman–Crippen LogP) is 2.17. The fourth-order valence-electron chi connectivity index (χ4n) is 3.63. The summed E-state index contributed by atoms with van der Waals surface area (Å²) in [6.07, 6.45) is 7.02. The number of ketones is 1. The standard InChI is InChI=1S/C24H25N3O5S/c1-3-18-7-6-8-20(15-18)26-23(29)16-25-24(30)22-9-4-5-14-27(22)33(31,32)21-12-10-19(11-13-21)17(2)28/h1,6-8,10-13,15,22H,4-5,9,14,16H2,2H3,(H,25,30)(H,26,29). The lowest BCUT2D eigenvalue weighted by molar-refractivity contribution is -0.127. The van der Waals surface area contributed by atoms with Gasteiger partial charge in [-0.15, -0.1) is 6.42 Å². The zero-order chi connectivity index (χ0) is 24.0. The second-order valence-corrected chi connectivity index (χ2v) is 9.59. The van der Waals surface area contributed by atoms with Gasteiger partial charge in [0.15, 0.2) is 5.78 Å². The Labute approximate surface area is 193 Å². The van der Waals surface area contributed by atoms with Crippen molar-refractivity contribution in [1.82, 2.24) is 9.62 Å². The van der Waals surface area contributed by atoms with Crippen LogP contribution in [0.3, 0.4) is 0 Å². The monoisotopic (exact) mass is 467 g/mol. The molecule has 1 aliphatic rings. The van der Waals surface area contributed by atoms with Crippen LogP contribution in [0.4, 0.5) is 5.69 Å². The van der Waals surface area contributed by atoms with E-state index in [9.17, 15) is 22.8 Å². The third-order valence-corrected chi connectivity index (χ3v) is 7.28. The fraction of sp³-hybridized carbons (Fsp3) is 0.292. The number of carbonyl (C=O) groups excluding carboxylic acids is 3. The van der Waals surface area contributed by atoms with E-state index in [0.717, 1.165) is 0 Å². The number of nitrogens with one attached hydrogen (secondary N) is 2. The van der Waals surface area contributed by atoms with E-state index in [2.05, 4.69) is 16.6 Å². The number of sulfonamides is 1. The molecular formula is C24H25N3O5S. The number of rotatable bonds is 7. The minimum atomic E-state index is -3.95. The van der Waals surface area contributed by atoms with Crippen LogP contribution in [0.25, 0.3) is 0 Å². The third kappa shape index (κ3) is 5.86. The topological polar surface area (TPSA) is 113 Å². The molecule has 1 atom stereocenters. The van der Waals surface area contributed by atoms with E-state index in [-0.39, 0.29) is 23.8 Å². The maximum absolute atomic E-state index is 13.2. The summed E-state index contributed by atoms with van der Waals surface area (Å²) in [4.78, 5) is 36.6. The normalized spacial score (nSPS) is 16.4. The first-order chi connectivity index (χ1) is 15.7. The number of carbonyl (C=O) groups is 3. The molecule has 33 heavy (non-hydrogen) atoms. The summed E-state index contributed by atoms with van der Waals surface area (Å²) in [5.41, 5.74) is 1.51. The Morgan fingerprint density at radius 2 is 1.85 bits per heavy atom. The minimum Gasteiger partial charge on any atom is -0.346 e. The number of amides is 2. The Balaban J connectivity index is 1.67. The van der Waals surface area contributed by atoms with E-state index < -0.39 is 27.9 Å². The van der Waals surface area contributed by atoms with E-state index in [0.29, 0.717) is 36.1 Å². The van der Waals surface area contributed by atoms with Gasteiger partial charge in [-0.25, -0.2) is 8.42 Å². The zero-order valence-corrected chi connectivity index (χ0v) is 19.0. The van der Waals surface area contributed by atoms with Gasteiger partial charge >= 0.3 is 0 Å². The molecule has 0 bridgehead atoms. The molecule has 0 aromatic heterocycles. The van der Waals surface area contributed by atoms with E-state index in [1.807, 2.05) is 0 Å². The molecule has 8 nitrogen and oxygen atoms in total. The van der Waals surface area contributed by atoms with Crippen molar-refractivity contribution in [3.05, 3.63) is 59.7 Å². The SMILES string of the molecule is C#Cc1cccc(NC(=O)CNC(=O)C2CCCCN2S(=O)(=O)c2ccc(C(C)=O)cc2)c1. The highest BCUT2D eigenvalue weighted by Crippen LogP contribution is 2.26. The third-order valence-electron chi connectivity index (χ3n) is 5.36. The van der Waals surface area contributed by atoms with Crippen molar-refractivity contribution < 1.29 is 22.8 Å². The van der Waals surface area contributed by atoms with Crippen LogP contribution in [0.5, 0.6) is 0 Å². The molecule has 3 rings (SSSR count). The molecule has 2 aromatic rings. The summed E-state index contributed by atoms with van der Waals surface area (Å²) < 4.78 is 27.5. The van der Waals surface area contributed by atoms with Gasteiger partial charge in [0.25, 0.3) is 0 Å². The van der Waals surface area contributed by atoms with Crippen LogP contribution in [0.15, 0.2) is 53.4 Å². The molecule has 0 saturated carbocycles. The number of anilines is 1. The molecular weight excluding hydrogens is 442 g/mol. The first-order valence-electron chi connectivity index (χ1n) is 10.5. The average Bonchev–Trinajstić information content (AvgIpc) is 2.82. The summed E-state index contributed by atoms with van der Waals surface area (Å²) in [5, 5.41) is 5.18. The molecule has 2 amide bonds. The quantitative estimate of drug-likeness (QED) is 0.479. The zero-order valence-electron chi connectivity index (χ0n) is 18.2. The Kier molecular flexibility index (Phi) is 7.63. The summed E-state index contributed by atoms with van der Waals surface area (Å²) in [6.45, 7) is 1.28. The first-order valence-corrected chi connectivity index (χ1v) is 11.9. The second-order valence-electron chi connectivity index (χ2n) is 7.70.